The highest BCUT2D eigenvalue weighted by Gasteiger charge is 2.29. The third kappa shape index (κ3) is 5.85. The number of benzene rings is 1. The first-order valence-corrected chi connectivity index (χ1v) is 9.23. The van der Waals surface area contributed by atoms with Gasteiger partial charge in [-0.15, -0.1) is 0 Å². The van der Waals surface area contributed by atoms with Crippen LogP contribution in [0.5, 0.6) is 0 Å². The van der Waals surface area contributed by atoms with Crippen molar-refractivity contribution in [1.29, 1.82) is 0 Å². The lowest BCUT2D eigenvalue weighted by molar-refractivity contribution is -0.151. The zero-order chi connectivity index (χ0) is 18.2. The minimum absolute atomic E-state index is 0.0606. The second-order valence-corrected chi connectivity index (χ2v) is 6.89. The van der Waals surface area contributed by atoms with Gasteiger partial charge in [0.2, 0.25) is 5.91 Å². The van der Waals surface area contributed by atoms with Crippen LogP contribution in [0, 0.1) is 5.92 Å². The molecular weight excluding hydrogens is 316 g/mol. The van der Waals surface area contributed by atoms with Crippen molar-refractivity contribution in [1.82, 2.24) is 9.80 Å². The quantitative estimate of drug-likeness (QED) is 0.712. The maximum absolute atomic E-state index is 12.7. The van der Waals surface area contributed by atoms with Crippen LogP contribution in [0.2, 0.25) is 0 Å². The van der Waals surface area contributed by atoms with Crippen LogP contribution in [0.1, 0.15) is 39.2 Å². The molecule has 0 N–H and O–H groups in total. The summed E-state index contributed by atoms with van der Waals surface area (Å²) in [7, 11) is 0. The maximum atomic E-state index is 12.7. The van der Waals surface area contributed by atoms with E-state index in [9.17, 15) is 9.59 Å². The Balaban J connectivity index is 1.86. The molecule has 0 aromatic heterocycles. The summed E-state index contributed by atoms with van der Waals surface area (Å²) >= 11 is 0. The van der Waals surface area contributed by atoms with Gasteiger partial charge in [-0.1, -0.05) is 30.3 Å². The number of carbonyl (C=O) groups is 2. The fourth-order valence-corrected chi connectivity index (χ4v) is 3.14. The lowest BCUT2D eigenvalue weighted by Crippen LogP contribution is -2.46. The van der Waals surface area contributed by atoms with E-state index in [0.717, 1.165) is 6.54 Å². The van der Waals surface area contributed by atoms with Crippen molar-refractivity contribution < 1.29 is 14.3 Å². The Morgan fingerprint density at radius 1 is 1.20 bits per heavy atom. The van der Waals surface area contributed by atoms with Gasteiger partial charge in [0.05, 0.1) is 19.1 Å². The Bertz CT molecular complexity index is 551. The summed E-state index contributed by atoms with van der Waals surface area (Å²) in [5, 5.41) is 0. The Morgan fingerprint density at radius 2 is 1.84 bits per heavy atom. The molecule has 1 fully saturated rings. The maximum Gasteiger partial charge on any atom is 0.309 e. The highest BCUT2D eigenvalue weighted by atomic mass is 16.5. The highest BCUT2D eigenvalue weighted by Crippen LogP contribution is 2.19. The largest absolute Gasteiger partial charge is 0.466 e. The van der Waals surface area contributed by atoms with Crippen LogP contribution in [0.25, 0.3) is 0 Å². The number of rotatable bonds is 7. The Morgan fingerprint density at radius 3 is 2.40 bits per heavy atom. The fourth-order valence-electron chi connectivity index (χ4n) is 3.14. The predicted octanol–water partition coefficient (Wildman–Crippen LogP) is 2.70. The van der Waals surface area contributed by atoms with Crippen LogP contribution >= 0.6 is 0 Å². The molecular formula is C20H30N2O3. The van der Waals surface area contributed by atoms with Crippen molar-refractivity contribution in [2.75, 3.05) is 26.2 Å². The first kappa shape index (κ1) is 19.4. The molecule has 1 saturated heterocycles. The van der Waals surface area contributed by atoms with Gasteiger partial charge in [0.15, 0.2) is 0 Å². The lowest BCUT2D eigenvalue weighted by Gasteiger charge is -2.34. The van der Waals surface area contributed by atoms with Crippen LogP contribution in [0.3, 0.4) is 0 Å². The van der Waals surface area contributed by atoms with E-state index < -0.39 is 0 Å². The zero-order valence-electron chi connectivity index (χ0n) is 15.6. The van der Waals surface area contributed by atoms with Crippen LogP contribution in [0.15, 0.2) is 30.3 Å². The van der Waals surface area contributed by atoms with Gasteiger partial charge in [-0.3, -0.25) is 14.5 Å². The first-order chi connectivity index (χ1) is 12.0. The average molecular weight is 346 g/mol. The van der Waals surface area contributed by atoms with Crippen LogP contribution in [-0.2, 0) is 20.9 Å². The molecule has 25 heavy (non-hydrogen) atoms. The molecule has 0 saturated carbocycles. The highest BCUT2D eigenvalue weighted by molar-refractivity contribution is 5.79. The van der Waals surface area contributed by atoms with Gasteiger partial charge in [0.25, 0.3) is 0 Å². The summed E-state index contributed by atoms with van der Waals surface area (Å²) in [6.07, 6.45) is 1.40. The number of amides is 1. The number of carbonyl (C=O) groups excluding carboxylic acids is 2. The Hall–Kier alpha value is -1.88. The van der Waals surface area contributed by atoms with Crippen molar-refractivity contribution >= 4 is 11.9 Å². The molecule has 5 heteroatoms. The molecule has 138 valence electrons. The van der Waals surface area contributed by atoms with Gasteiger partial charge >= 0.3 is 5.97 Å². The SMILES string of the molecule is CCOC(=O)C1CCN(C(=O)CN(Cc2ccccc2)C(C)C)CC1. The van der Waals surface area contributed by atoms with Crippen LogP contribution in [0.4, 0.5) is 0 Å². The number of hydrogen-bond donors (Lipinski definition) is 0. The molecule has 1 heterocycles. The summed E-state index contributed by atoms with van der Waals surface area (Å²) in [5.74, 6) is -0.0380. The number of esters is 1. The zero-order valence-corrected chi connectivity index (χ0v) is 15.6. The van der Waals surface area contributed by atoms with E-state index in [0.29, 0.717) is 45.1 Å². The van der Waals surface area contributed by atoms with Crippen LogP contribution in [-0.4, -0.2) is 54.0 Å². The van der Waals surface area contributed by atoms with E-state index in [1.165, 1.54) is 5.56 Å². The molecule has 1 aliphatic heterocycles. The Kier molecular flexibility index (Phi) is 7.44. The van der Waals surface area contributed by atoms with Gasteiger partial charge in [-0.25, -0.2) is 0 Å². The molecule has 0 atom stereocenters. The van der Waals surface area contributed by atoms with Gasteiger partial charge in [0.1, 0.15) is 0 Å². The normalized spacial score (nSPS) is 15.6. The van der Waals surface area contributed by atoms with Gasteiger partial charge in [0, 0.05) is 25.7 Å². The molecule has 1 aromatic carbocycles. The van der Waals surface area contributed by atoms with Gasteiger partial charge < -0.3 is 9.64 Å². The fraction of sp³-hybridized carbons (Fsp3) is 0.600. The smallest absolute Gasteiger partial charge is 0.309 e. The third-order valence-corrected chi connectivity index (χ3v) is 4.76. The summed E-state index contributed by atoms with van der Waals surface area (Å²) in [4.78, 5) is 28.6. The van der Waals surface area contributed by atoms with E-state index in [4.69, 9.17) is 4.74 Å². The van der Waals surface area contributed by atoms with E-state index in [2.05, 4.69) is 30.9 Å². The topological polar surface area (TPSA) is 49.9 Å². The van der Waals surface area contributed by atoms with Crippen molar-refractivity contribution in [3.05, 3.63) is 35.9 Å². The standard InChI is InChI=1S/C20H30N2O3/c1-4-25-20(24)18-10-12-21(13-11-18)19(23)15-22(16(2)3)14-17-8-6-5-7-9-17/h5-9,16,18H,4,10-15H2,1-3H3. The van der Waals surface area contributed by atoms with Crippen molar-refractivity contribution in [3.63, 3.8) is 0 Å². The first-order valence-electron chi connectivity index (χ1n) is 9.23. The van der Waals surface area contributed by atoms with E-state index in [-0.39, 0.29) is 17.8 Å². The van der Waals surface area contributed by atoms with E-state index in [1.54, 1.807) is 0 Å². The Labute approximate surface area is 150 Å². The minimum atomic E-state index is -0.123. The van der Waals surface area contributed by atoms with Crippen molar-refractivity contribution in [2.24, 2.45) is 5.92 Å². The molecule has 0 unspecified atom stereocenters. The monoisotopic (exact) mass is 346 g/mol. The van der Waals surface area contributed by atoms with Crippen LogP contribution < -0.4 is 0 Å². The summed E-state index contributed by atoms with van der Waals surface area (Å²) in [6.45, 7) is 8.93. The van der Waals surface area contributed by atoms with Crippen molar-refractivity contribution in [3.8, 4) is 0 Å². The van der Waals surface area contributed by atoms with E-state index >= 15 is 0 Å². The summed E-state index contributed by atoms with van der Waals surface area (Å²) < 4.78 is 5.09. The second-order valence-electron chi connectivity index (χ2n) is 6.89. The van der Waals surface area contributed by atoms with Gasteiger partial charge in [-0.2, -0.15) is 0 Å². The number of piperidine rings is 1. The molecule has 1 amide bonds. The minimum Gasteiger partial charge on any atom is -0.466 e. The number of likely N-dealkylation sites (tertiary alicyclic amines) is 1. The number of ether oxygens (including phenoxy) is 1. The summed E-state index contributed by atoms with van der Waals surface area (Å²) in [5.41, 5.74) is 1.21. The van der Waals surface area contributed by atoms with Crippen molar-refractivity contribution in [2.45, 2.75) is 46.2 Å². The molecule has 0 aliphatic carbocycles. The van der Waals surface area contributed by atoms with E-state index in [1.807, 2.05) is 30.0 Å². The number of hydrogen-bond acceptors (Lipinski definition) is 4. The third-order valence-electron chi connectivity index (χ3n) is 4.76. The molecule has 0 bridgehead atoms. The molecule has 1 aromatic rings. The molecule has 0 radical (unpaired) electrons. The van der Waals surface area contributed by atoms with Gasteiger partial charge in [-0.05, 0) is 39.2 Å². The second kappa shape index (κ2) is 9.56. The molecule has 1 aliphatic rings. The molecule has 0 spiro atoms. The average Bonchev–Trinajstić information content (AvgIpc) is 2.62. The molecule has 2 rings (SSSR count). The number of nitrogens with zero attached hydrogens (tertiary/aromatic N) is 2. The summed E-state index contributed by atoms with van der Waals surface area (Å²) in [6, 6.07) is 10.5. The predicted molar refractivity (Wildman–Crippen MR) is 97.9 cm³/mol. The lowest BCUT2D eigenvalue weighted by atomic mass is 9.97. The molecule has 5 nitrogen and oxygen atoms in total.